The molecule has 0 aliphatic heterocycles. The first-order chi connectivity index (χ1) is 20.8. The Morgan fingerprint density at radius 1 is 0.932 bits per heavy atom. The van der Waals surface area contributed by atoms with Gasteiger partial charge < -0.3 is 26.2 Å². The molecule has 0 aliphatic carbocycles. The van der Waals surface area contributed by atoms with Gasteiger partial charge in [0, 0.05) is 31.6 Å². The number of hydrogen-bond donors (Lipinski definition) is 4. The van der Waals surface area contributed by atoms with E-state index in [0.29, 0.717) is 50.5 Å². The first-order valence-electron chi connectivity index (χ1n) is 14.3. The van der Waals surface area contributed by atoms with Crippen LogP contribution in [0.3, 0.4) is 0 Å². The number of nitrogens with zero attached hydrogens (tertiary/aromatic N) is 1. The van der Waals surface area contributed by atoms with Crippen LogP contribution in [0, 0.1) is 5.92 Å². The Labute approximate surface area is 255 Å². The molecular formula is C33H40F3N3O5. The second-order valence-corrected chi connectivity index (χ2v) is 10.6. The lowest BCUT2D eigenvalue weighted by Crippen LogP contribution is -2.32. The highest BCUT2D eigenvalue weighted by Crippen LogP contribution is 2.23. The van der Waals surface area contributed by atoms with E-state index in [-0.39, 0.29) is 17.6 Å². The zero-order chi connectivity index (χ0) is 32.7. The molecule has 8 nitrogen and oxygen atoms in total. The number of benzene rings is 3. The number of phenols is 1. The SMILES string of the molecule is CC(C)CCC(=O)N(CCc1ccc(O)cc1)Cc1cccc(-c2cccc(C(=O)NCCCN)c2)c1.O=C(O)C(F)(F)F. The maximum absolute atomic E-state index is 13.1. The number of carboxylic acid groups (broad SMARTS) is 1. The Morgan fingerprint density at radius 3 is 2.14 bits per heavy atom. The highest BCUT2D eigenvalue weighted by Gasteiger charge is 2.38. The van der Waals surface area contributed by atoms with Crippen LogP contribution in [0.15, 0.2) is 72.8 Å². The number of alkyl halides is 3. The molecule has 5 N–H and O–H groups in total. The minimum absolute atomic E-state index is 0.109. The van der Waals surface area contributed by atoms with Crippen LogP contribution >= 0.6 is 0 Å². The predicted molar refractivity (Wildman–Crippen MR) is 163 cm³/mol. The van der Waals surface area contributed by atoms with Crippen molar-refractivity contribution >= 4 is 17.8 Å². The summed E-state index contributed by atoms with van der Waals surface area (Å²) in [5, 5.41) is 19.6. The summed E-state index contributed by atoms with van der Waals surface area (Å²) < 4.78 is 31.7. The molecule has 0 fully saturated rings. The molecule has 0 radical (unpaired) electrons. The fourth-order valence-corrected chi connectivity index (χ4v) is 4.10. The van der Waals surface area contributed by atoms with Gasteiger partial charge in [-0.05, 0) is 84.3 Å². The molecule has 11 heteroatoms. The Hall–Kier alpha value is -4.38. The van der Waals surface area contributed by atoms with Gasteiger partial charge in [0.25, 0.3) is 5.91 Å². The van der Waals surface area contributed by atoms with Crippen molar-refractivity contribution in [1.82, 2.24) is 10.2 Å². The number of rotatable bonds is 13. The first kappa shape index (κ1) is 35.8. The van der Waals surface area contributed by atoms with Gasteiger partial charge in [-0.25, -0.2) is 4.79 Å². The van der Waals surface area contributed by atoms with E-state index in [1.165, 1.54) is 0 Å². The average Bonchev–Trinajstić information content (AvgIpc) is 2.99. The van der Waals surface area contributed by atoms with Crippen LogP contribution in [0.5, 0.6) is 5.75 Å². The lowest BCUT2D eigenvalue weighted by atomic mass is 10.00. The van der Waals surface area contributed by atoms with Crippen LogP contribution in [0.1, 0.15) is 54.6 Å². The summed E-state index contributed by atoms with van der Waals surface area (Å²) in [5.74, 6) is -2.02. The second kappa shape index (κ2) is 17.7. The highest BCUT2D eigenvalue weighted by atomic mass is 19.4. The summed E-state index contributed by atoms with van der Waals surface area (Å²) in [7, 11) is 0. The number of carbonyl (C=O) groups excluding carboxylic acids is 2. The number of hydrogen-bond acceptors (Lipinski definition) is 5. The minimum Gasteiger partial charge on any atom is -0.508 e. The molecule has 0 aliphatic rings. The van der Waals surface area contributed by atoms with E-state index in [0.717, 1.165) is 35.1 Å². The van der Waals surface area contributed by atoms with Gasteiger partial charge in [-0.3, -0.25) is 9.59 Å². The molecule has 44 heavy (non-hydrogen) atoms. The number of aromatic hydroxyl groups is 1. The number of nitrogens with two attached hydrogens (primary N) is 1. The van der Waals surface area contributed by atoms with Crippen molar-refractivity contribution in [2.45, 2.75) is 52.3 Å². The summed E-state index contributed by atoms with van der Waals surface area (Å²) in [6.07, 6.45) is -2.25. The third kappa shape index (κ3) is 12.9. The molecule has 0 spiro atoms. The van der Waals surface area contributed by atoms with Crippen molar-refractivity contribution in [2.75, 3.05) is 19.6 Å². The summed E-state index contributed by atoms with van der Waals surface area (Å²) in [5.41, 5.74) is 10.2. The topological polar surface area (TPSA) is 133 Å². The van der Waals surface area contributed by atoms with Crippen LogP contribution in [-0.4, -0.2) is 58.7 Å². The fraction of sp³-hybridized carbons (Fsp3) is 0.364. The predicted octanol–water partition coefficient (Wildman–Crippen LogP) is 5.78. The lowest BCUT2D eigenvalue weighted by Gasteiger charge is -2.24. The monoisotopic (exact) mass is 615 g/mol. The summed E-state index contributed by atoms with van der Waals surface area (Å²) >= 11 is 0. The summed E-state index contributed by atoms with van der Waals surface area (Å²) in [6.45, 7) is 6.47. The number of carboxylic acids is 1. The lowest BCUT2D eigenvalue weighted by molar-refractivity contribution is -0.192. The Kier molecular flexibility index (Phi) is 14.4. The van der Waals surface area contributed by atoms with Crippen molar-refractivity contribution in [3.8, 4) is 16.9 Å². The van der Waals surface area contributed by atoms with Gasteiger partial charge >= 0.3 is 12.1 Å². The summed E-state index contributed by atoms with van der Waals surface area (Å²) in [6, 6.07) is 22.9. The molecule has 0 unspecified atom stereocenters. The van der Waals surface area contributed by atoms with Gasteiger partial charge in [0.1, 0.15) is 5.75 Å². The standard InChI is InChI=1S/C31H39N3O3.C2HF3O2/c1-23(2)10-15-30(36)34(19-16-24-11-13-29(35)14-12-24)22-25-6-3-7-26(20-25)27-8-4-9-28(21-27)31(37)33-18-5-17-32;3-2(4,5)1(6)7/h3-4,6-9,11-14,20-21,23,35H,5,10,15-19,22,32H2,1-2H3,(H,33,37);(H,6,7). The minimum atomic E-state index is -5.08. The smallest absolute Gasteiger partial charge is 0.490 e. The number of amides is 2. The number of aliphatic carboxylic acids is 1. The molecule has 0 bridgehead atoms. The van der Waals surface area contributed by atoms with E-state index < -0.39 is 12.1 Å². The zero-order valence-electron chi connectivity index (χ0n) is 24.9. The number of carbonyl (C=O) groups is 3. The Balaban J connectivity index is 0.000000860. The van der Waals surface area contributed by atoms with Gasteiger partial charge in [0.2, 0.25) is 5.91 Å². The molecule has 0 heterocycles. The van der Waals surface area contributed by atoms with Crippen LogP contribution in [0.2, 0.25) is 0 Å². The van der Waals surface area contributed by atoms with Gasteiger partial charge in [0.15, 0.2) is 0 Å². The number of nitrogens with one attached hydrogen (secondary N) is 1. The summed E-state index contributed by atoms with van der Waals surface area (Å²) in [4.78, 5) is 36.5. The zero-order valence-corrected chi connectivity index (χ0v) is 24.9. The molecule has 238 valence electrons. The molecule has 3 rings (SSSR count). The highest BCUT2D eigenvalue weighted by molar-refractivity contribution is 5.95. The fourth-order valence-electron chi connectivity index (χ4n) is 4.10. The maximum Gasteiger partial charge on any atom is 0.490 e. The molecular weight excluding hydrogens is 575 g/mol. The maximum atomic E-state index is 13.1. The van der Waals surface area contributed by atoms with Gasteiger partial charge in [-0.15, -0.1) is 0 Å². The third-order valence-electron chi connectivity index (χ3n) is 6.56. The van der Waals surface area contributed by atoms with Crippen LogP contribution in [-0.2, 0) is 22.6 Å². The third-order valence-corrected chi connectivity index (χ3v) is 6.56. The molecule has 3 aromatic rings. The average molecular weight is 616 g/mol. The van der Waals surface area contributed by atoms with E-state index in [2.05, 4.69) is 25.2 Å². The van der Waals surface area contributed by atoms with Crippen molar-refractivity contribution < 1.29 is 37.8 Å². The Morgan fingerprint density at radius 2 is 1.55 bits per heavy atom. The molecule has 2 amide bonds. The van der Waals surface area contributed by atoms with E-state index in [1.54, 1.807) is 12.1 Å². The van der Waals surface area contributed by atoms with Crippen molar-refractivity contribution in [2.24, 2.45) is 11.7 Å². The molecule has 3 aromatic carbocycles. The Bertz CT molecular complexity index is 1360. The van der Waals surface area contributed by atoms with E-state index in [1.807, 2.05) is 59.5 Å². The van der Waals surface area contributed by atoms with Gasteiger partial charge in [-0.1, -0.05) is 56.3 Å². The van der Waals surface area contributed by atoms with Crippen LogP contribution in [0.4, 0.5) is 13.2 Å². The van der Waals surface area contributed by atoms with Gasteiger partial charge in [0.05, 0.1) is 0 Å². The number of phenolic OH excluding ortho intramolecular Hbond substituents is 1. The normalized spacial score (nSPS) is 11.0. The molecule has 0 saturated carbocycles. The van der Waals surface area contributed by atoms with Crippen LogP contribution < -0.4 is 11.1 Å². The molecule has 0 atom stereocenters. The van der Waals surface area contributed by atoms with E-state index >= 15 is 0 Å². The first-order valence-corrected chi connectivity index (χ1v) is 14.3. The van der Waals surface area contributed by atoms with E-state index in [9.17, 15) is 27.9 Å². The van der Waals surface area contributed by atoms with E-state index in [4.69, 9.17) is 15.6 Å². The van der Waals surface area contributed by atoms with Crippen LogP contribution in [0.25, 0.3) is 11.1 Å². The quantitative estimate of drug-likeness (QED) is 0.180. The van der Waals surface area contributed by atoms with Crippen molar-refractivity contribution in [3.05, 3.63) is 89.5 Å². The van der Waals surface area contributed by atoms with Gasteiger partial charge in [-0.2, -0.15) is 13.2 Å². The second-order valence-electron chi connectivity index (χ2n) is 10.6. The molecule has 0 saturated heterocycles. The molecule has 0 aromatic heterocycles. The largest absolute Gasteiger partial charge is 0.508 e. The van der Waals surface area contributed by atoms with Crippen molar-refractivity contribution in [1.29, 1.82) is 0 Å². The van der Waals surface area contributed by atoms with Crippen molar-refractivity contribution in [3.63, 3.8) is 0 Å². The number of halogens is 3.